The molecule has 0 bridgehead atoms. The van der Waals surface area contributed by atoms with E-state index in [1.165, 1.54) is 0 Å². The monoisotopic (exact) mass is 322 g/mol. The Morgan fingerprint density at radius 1 is 1.43 bits per heavy atom. The molecule has 8 nitrogen and oxygen atoms in total. The summed E-state index contributed by atoms with van der Waals surface area (Å²) in [5.41, 5.74) is 0. The molecule has 1 rings (SSSR count). The van der Waals surface area contributed by atoms with Crippen molar-refractivity contribution in [3.8, 4) is 0 Å². The first-order valence-corrected chi connectivity index (χ1v) is 8.86. The van der Waals surface area contributed by atoms with Gasteiger partial charge in [0.05, 0.1) is 5.75 Å². The minimum atomic E-state index is -3.27. The van der Waals surface area contributed by atoms with Gasteiger partial charge in [0.2, 0.25) is 0 Å². The molecule has 1 fully saturated rings. The van der Waals surface area contributed by atoms with Gasteiger partial charge < -0.3 is 20.5 Å². The Balaban J connectivity index is 2.29. The first-order chi connectivity index (χ1) is 9.78. The lowest BCUT2D eigenvalue weighted by atomic mass is 10.1. The summed E-state index contributed by atoms with van der Waals surface area (Å²) in [6.45, 7) is 1.86. The molecule has 3 N–H and O–H groups in total. The van der Waals surface area contributed by atoms with Crippen LogP contribution in [0.3, 0.4) is 0 Å². The van der Waals surface area contributed by atoms with Crippen molar-refractivity contribution in [2.45, 2.75) is 25.3 Å². The Labute approximate surface area is 124 Å². The van der Waals surface area contributed by atoms with Gasteiger partial charge in [-0.15, -0.1) is 0 Å². The molecule has 2 atom stereocenters. The molecular weight excluding hydrogens is 300 g/mol. The van der Waals surface area contributed by atoms with Crippen molar-refractivity contribution in [3.63, 3.8) is 0 Å². The summed E-state index contributed by atoms with van der Waals surface area (Å²) >= 11 is 0. The molecule has 0 saturated carbocycles. The van der Waals surface area contributed by atoms with Gasteiger partial charge in [0.15, 0.2) is 0 Å². The van der Waals surface area contributed by atoms with Crippen LogP contribution in [0.4, 0.5) is 4.79 Å². The number of amides is 2. The van der Waals surface area contributed by atoms with Crippen LogP contribution in [0.25, 0.3) is 0 Å². The first-order valence-electron chi connectivity index (χ1n) is 6.80. The van der Waals surface area contributed by atoms with Crippen LogP contribution in [-0.2, 0) is 19.4 Å². The number of ether oxygens (including phenoxy) is 1. The fourth-order valence-electron chi connectivity index (χ4n) is 2.00. The van der Waals surface area contributed by atoms with E-state index in [0.29, 0.717) is 19.1 Å². The van der Waals surface area contributed by atoms with Crippen LogP contribution in [0, 0.1) is 5.92 Å². The van der Waals surface area contributed by atoms with Crippen LogP contribution >= 0.6 is 0 Å². The molecule has 1 heterocycles. The SMILES string of the molecule is CS(=O)(=O)CCC(NC(=O)NCCC1CCOC1)C(=O)O. The van der Waals surface area contributed by atoms with E-state index in [4.69, 9.17) is 9.84 Å². The van der Waals surface area contributed by atoms with E-state index in [-0.39, 0.29) is 12.2 Å². The van der Waals surface area contributed by atoms with Gasteiger partial charge in [-0.2, -0.15) is 0 Å². The highest BCUT2D eigenvalue weighted by Gasteiger charge is 2.22. The Hall–Kier alpha value is -1.35. The summed E-state index contributed by atoms with van der Waals surface area (Å²) in [6, 6.07) is -1.82. The number of rotatable bonds is 8. The normalized spacial score (nSPS) is 20.0. The van der Waals surface area contributed by atoms with Gasteiger partial charge in [0.1, 0.15) is 15.9 Å². The summed E-state index contributed by atoms with van der Waals surface area (Å²) in [4.78, 5) is 22.6. The van der Waals surface area contributed by atoms with E-state index in [9.17, 15) is 18.0 Å². The lowest BCUT2D eigenvalue weighted by Crippen LogP contribution is -2.47. The predicted molar refractivity (Wildman–Crippen MR) is 75.8 cm³/mol. The van der Waals surface area contributed by atoms with Gasteiger partial charge in [-0.25, -0.2) is 18.0 Å². The van der Waals surface area contributed by atoms with Gasteiger partial charge in [0, 0.05) is 26.0 Å². The fraction of sp³-hybridized carbons (Fsp3) is 0.833. The molecule has 0 spiro atoms. The molecular formula is C12H22N2O6S. The molecule has 0 aliphatic carbocycles. The third kappa shape index (κ3) is 7.86. The van der Waals surface area contributed by atoms with Gasteiger partial charge in [0.25, 0.3) is 0 Å². The highest BCUT2D eigenvalue weighted by Crippen LogP contribution is 2.15. The second kappa shape index (κ2) is 8.18. The highest BCUT2D eigenvalue weighted by molar-refractivity contribution is 7.90. The first kappa shape index (κ1) is 17.7. The third-order valence-corrected chi connectivity index (χ3v) is 4.22. The number of carboxylic acids is 1. The molecule has 0 aromatic heterocycles. The van der Waals surface area contributed by atoms with E-state index in [0.717, 1.165) is 25.7 Å². The van der Waals surface area contributed by atoms with Gasteiger partial charge in [-0.1, -0.05) is 0 Å². The number of carboxylic acid groups (broad SMARTS) is 1. The van der Waals surface area contributed by atoms with E-state index in [1.54, 1.807) is 0 Å². The molecule has 0 radical (unpaired) electrons. The van der Waals surface area contributed by atoms with E-state index in [1.807, 2.05) is 0 Å². The van der Waals surface area contributed by atoms with Crippen LogP contribution in [0.1, 0.15) is 19.3 Å². The molecule has 9 heteroatoms. The van der Waals surface area contributed by atoms with Crippen molar-refractivity contribution in [3.05, 3.63) is 0 Å². The van der Waals surface area contributed by atoms with E-state index in [2.05, 4.69) is 10.6 Å². The van der Waals surface area contributed by atoms with Crippen LogP contribution in [-0.4, -0.2) is 63.3 Å². The summed E-state index contributed by atoms with van der Waals surface area (Å²) in [5, 5.41) is 13.8. The Morgan fingerprint density at radius 3 is 2.67 bits per heavy atom. The summed E-state index contributed by atoms with van der Waals surface area (Å²) in [5.74, 6) is -1.12. The van der Waals surface area contributed by atoms with Crippen molar-refractivity contribution >= 4 is 21.8 Å². The topological polar surface area (TPSA) is 122 Å². The number of carbonyl (C=O) groups excluding carboxylic acids is 1. The Kier molecular flexibility index (Phi) is 6.90. The molecule has 21 heavy (non-hydrogen) atoms. The highest BCUT2D eigenvalue weighted by atomic mass is 32.2. The average Bonchev–Trinajstić information content (AvgIpc) is 2.86. The second-order valence-corrected chi connectivity index (χ2v) is 7.49. The third-order valence-electron chi connectivity index (χ3n) is 3.24. The molecule has 2 unspecified atom stereocenters. The summed E-state index contributed by atoms with van der Waals surface area (Å²) < 4.78 is 27.3. The molecule has 122 valence electrons. The van der Waals surface area contributed by atoms with Gasteiger partial charge in [-0.3, -0.25) is 0 Å². The zero-order valence-corrected chi connectivity index (χ0v) is 12.8. The maximum atomic E-state index is 11.6. The molecule has 1 aliphatic heterocycles. The van der Waals surface area contributed by atoms with Crippen molar-refractivity contribution in [1.29, 1.82) is 0 Å². The minimum absolute atomic E-state index is 0.155. The smallest absolute Gasteiger partial charge is 0.326 e. The van der Waals surface area contributed by atoms with Gasteiger partial charge in [-0.05, 0) is 25.2 Å². The number of hydrogen-bond acceptors (Lipinski definition) is 5. The molecule has 2 amide bonds. The number of sulfone groups is 1. The van der Waals surface area contributed by atoms with Gasteiger partial charge >= 0.3 is 12.0 Å². The Bertz CT molecular complexity index is 458. The number of hydrogen-bond donors (Lipinski definition) is 3. The maximum Gasteiger partial charge on any atom is 0.326 e. The number of aliphatic carboxylic acids is 1. The maximum absolute atomic E-state index is 11.6. The van der Waals surface area contributed by atoms with E-state index < -0.39 is 27.9 Å². The molecule has 0 aromatic carbocycles. The summed E-state index contributed by atoms with van der Waals surface area (Å²) in [6.07, 6.45) is 2.61. The van der Waals surface area contributed by atoms with Crippen molar-refractivity contribution in [1.82, 2.24) is 10.6 Å². The van der Waals surface area contributed by atoms with Crippen LogP contribution in [0.5, 0.6) is 0 Å². The number of carbonyl (C=O) groups is 2. The second-order valence-electron chi connectivity index (χ2n) is 5.23. The summed E-state index contributed by atoms with van der Waals surface area (Å²) in [7, 11) is -3.27. The van der Waals surface area contributed by atoms with Crippen LogP contribution < -0.4 is 10.6 Å². The van der Waals surface area contributed by atoms with Crippen molar-refractivity contribution in [2.24, 2.45) is 5.92 Å². The Morgan fingerprint density at radius 2 is 2.14 bits per heavy atom. The average molecular weight is 322 g/mol. The largest absolute Gasteiger partial charge is 0.480 e. The van der Waals surface area contributed by atoms with Crippen molar-refractivity contribution < 1.29 is 27.9 Å². The predicted octanol–water partition coefficient (Wildman–Crippen LogP) is -0.400. The van der Waals surface area contributed by atoms with Crippen LogP contribution in [0.15, 0.2) is 0 Å². The zero-order chi connectivity index (χ0) is 15.9. The lowest BCUT2D eigenvalue weighted by Gasteiger charge is -2.15. The molecule has 0 aromatic rings. The number of urea groups is 1. The minimum Gasteiger partial charge on any atom is -0.480 e. The zero-order valence-electron chi connectivity index (χ0n) is 12.0. The molecule has 1 aliphatic rings. The van der Waals surface area contributed by atoms with E-state index >= 15 is 0 Å². The van der Waals surface area contributed by atoms with Crippen molar-refractivity contribution in [2.75, 3.05) is 31.8 Å². The number of nitrogens with one attached hydrogen (secondary N) is 2. The lowest BCUT2D eigenvalue weighted by molar-refractivity contribution is -0.139. The standard InChI is InChI=1S/C12H22N2O6S/c1-21(18,19)7-4-10(11(15)16)14-12(17)13-5-2-9-3-6-20-8-9/h9-10H,2-8H2,1H3,(H,15,16)(H2,13,14,17). The van der Waals surface area contributed by atoms with Crippen LogP contribution in [0.2, 0.25) is 0 Å². The quantitative estimate of drug-likeness (QED) is 0.559. The molecule has 1 saturated heterocycles. The fourth-order valence-corrected chi connectivity index (χ4v) is 2.66.